The third kappa shape index (κ3) is 3.55. The number of amides is 1. The SMILES string of the molecule is COc1ccc2c(c1)CCCN2C(=O)Cc1ccc(OC)c(OC)c1. The predicted octanol–water partition coefficient (Wildman–Crippen LogP) is 3.23. The molecule has 0 atom stereocenters. The highest BCUT2D eigenvalue weighted by atomic mass is 16.5. The zero-order valence-electron chi connectivity index (χ0n) is 14.9. The number of anilines is 1. The van der Waals surface area contributed by atoms with Crippen molar-refractivity contribution < 1.29 is 19.0 Å². The van der Waals surface area contributed by atoms with Crippen LogP contribution in [0.4, 0.5) is 5.69 Å². The van der Waals surface area contributed by atoms with E-state index in [0.29, 0.717) is 17.9 Å². The largest absolute Gasteiger partial charge is 0.497 e. The highest BCUT2D eigenvalue weighted by Crippen LogP contribution is 2.32. The molecule has 0 spiro atoms. The molecule has 0 unspecified atom stereocenters. The molecular formula is C20H23NO4. The van der Waals surface area contributed by atoms with Gasteiger partial charge in [0.15, 0.2) is 11.5 Å². The lowest BCUT2D eigenvalue weighted by atomic mass is 10.0. The van der Waals surface area contributed by atoms with Crippen molar-refractivity contribution in [2.75, 3.05) is 32.8 Å². The molecule has 0 N–H and O–H groups in total. The molecule has 0 saturated heterocycles. The minimum Gasteiger partial charge on any atom is -0.497 e. The van der Waals surface area contributed by atoms with Crippen molar-refractivity contribution >= 4 is 11.6 Å². The van der Waals surface area contributed by atoms with Gasteiger partial charge in [-0.15, -0.1) is 0 Å². The van der Waals surface area contributed by atoms with Gasteiger partial charge in [0.1, 0.15) is 5.75 Å². The molecule has 0 bridgehead atoms. The third-order valence-corrected chi connectivity index (χ3v) is 4.51. The number of aryl methyl sites for hydroxylation is 1. The summed E-state index contributed by atoms with van der Waals surface area (Å²) in [6.45, 7) is 0.742. The van der Waals surface area contributed by atoms with Gasteiger partial charge in [0.2, 0.25) is 5.91 Å². The minimum absolute atomic E-state index is 0.0818. The summed E-state index contributed by atoms with van der Waals surface area (Å²) in [4.78, 5) is 14.7. The van der Waals surface area contributed by atoms with Crippen LogP contribution >= 0.6 is 0 Å². The number of ether oxygens (including phenoxy) is 3. The molecule has 0 radical (unpaired) electrons. The molecule has 2 aromatic carbocycles. The monoisotopic (exact) mass is 341 g/mol. The molecular weight excluding hydrogens is 318 g/mol. The molecule has 132 valence electrons. The molecule has 0 aromatic heterocycles. The van der Waals surface area contributed by atoms with Crippen LogP contribution in [0.3, 0.4) is 0 Å². The zero-order valence-corrected chi connectivity index (χ0v) is 14.9. The van der Waals surface area contributed by atoms with Gasteiger partial charge in [-0.1, -0.05) is 6.07 Å². The lowest BCUT2D eigenvalue weighted by Gasteiger charge is -2.30. The summed E-state index contributed by atoms with van der Waals surface area (Å²) in [6.07, 6.45) is 2.25. The van der Waals surface area contributed by atoms with Crippen molar-refractivity contribution in [3.8, 4) is 17.2 Å². The lowest BCUT2D eigenvalue weighted by Crippen LogP contribution is -2.36. The van der Waals surface area contributed by atoms with Gasteiger partial charge in [0.05, 0.1) is 27.8 Å². The van der Waals surface area contributed by atoms with E-state index < -0.39 is 0 Å². The second-order valence-corrected chi connectivity index (χ2v) is 6.01. The molecule has 0 fully saturated rings. The number of carbonyl (C=O) groups is 1. The fourth-order valence-electron chi connectivity index (χ4n) is 3.22. The van der Waals surface area contributed by atoms with Gasteiger partial charge in [-0.25, -0.2) is 0 Å². The highest BCUT2D eigenvalue weighted by molar-refractivity contribution is 5.96. The zero-order chi connectivity index (χ0) is 17.8. The fraction of sp³-hybridized carbons (Fsp3) is 0.350. The molecule has 1 aliphatic rings. The van der Waals surface area contributed by atoms with Crippen LogP contribution in [0, 0.1) is 0 Å². The molecule has 2 aromatic rings. The summed E-state index contributed by atoms with van der Waals surface area (Å²) in [7, 11) is 4.85. The molecule has 5 heteroatoms. The molecule has 1 heterocycles. The summed E-state index contributed by atoms with van der Waals surface area (Å²) >= 11 is 0. The number of nitrogens with zero attached hydrogens (tertiary/aromatic N) is 1. The van der Waals surface area contributed by atoms with Gasteiger partial charge >= 0.3 is 0 Å². The Hall–Kier alpha value is -2.69. The first-order valence-electron chi connectivity index (χ1n) is 8.34. The maximum atomic E-state index is 12.9. The Bertz CT molecular complexity index is 772. The molecule has 3 rings (SSSR count). The first kappa shape index (κ1) is 17.1. The first-order chi connectivity index (χ1) is 12.2. The average Bonchev–Trinajstić information content (AvgIpc) is 2.66. The number of hydrogen-bond acceptors (Lipinski definition) is 4. The molecule has 0 saturated carbocycles. The summed E-state index contributed by atoms with van der Waals surface area (Å²) in [5.74, 6) is 2.21. The normalized spacial score (nSPS) is 13.2. The number of methoxy groups -OCH3 is 3. The van der Waals surface area contributed by atoms with E-state index >= 15 is 0 Å². The molecule has 1 amide bonds. The Labute approximate surface area is 148 Å². The number of fused-ring (bicyclic) bond motifs is 1. The van der Waals surface area contributed by atoms with E-state index in [1.807, 2.05) is 41.3 Å². The van der Waals surface area contributed by atoms with Gasteiger partial charge in [-0.05, 0) is 54.3 Å². The highest BCUT2D eigenvalue weighted by Gasteiger charge is 2.23. The average molecular weight is 341 g/mol. The van der Waals surface area contributed by atoms with Crippen LogP contribution in [0.1, 0.15) is 17.5 Å². The Balaban J connectivity index is 1.81. The number of benzene rings is 2. The standard InChI is InChI=1S/C20H23NO4/c1-23-16-7-8-17-15(13-16)5-4-10-21(17)20(22)12-14-6-9-18(24-2)19(11-14)25-3/h6-9,11,13H,4-5,10,12H2,1-3H3. The van der Waals surface area contributed by atoms with Crippen molar-refractivity contribution in [1.29, 1.82) is 0 Å². The molecule has 1 aliphatic heterocycles. The van der Waals surface area contributed by atoms with Gasteiger partial charge in [0.25, 0.3) is 0 Å². The summed E-state index contributed by atoms with van der Waals surface area (Å²) in [5.41, 5.74) is 3.05. The Morgan fingerprint density at radius 3 is 2.52 bits per heavy atom. The van der Waals surface area contributed by atoms with E-state index in [1.54, 1.807) is 21.3 Å². The smallest absolute Gasteiger partial charge is 0.231 e. The quantitative estimate of drug-likeness (QED) is 0.838. The summed E-state index contributed by atoms with van der Waals surface area (Å²) in [6, 6.07) is 11.5. The Kier molecular flexibility index (Phi) is 5.12. The van der Waals surface area contributed by atoms with Gasteiger partial charge in [-0.2, -0.15) is 0 Å². The summed E-state index contributed by atoms with van der Waals surface area (Å²) < 4.78 is 15.9. The van der Waals surface area contributed by atoms with Crippen molar-refractivity contribution in [2.24, 2.45) is 0 Å². The van der Waals surface area contributed by atoms with Crippen molar-refractivity contribution in [3.63, 3.8) is 0 Å². The van der Waals surface area contributed by atoms with Crippen LogP contribution < -0.4 is 19.1 Å². The topological polar surface area (TPSA) is 48.0 Å². The van der Waals surface area contributed by atoms with E-state index in [2.05, 4.69) is 0 Å². The van der Waals surface area contributed by atoms with Crippen LogP contribution in [-0.4, -0.2) is 33.8 Å². The van der Waals surface area contributed by atoms with Gasteiger partial charge in [-0.3, -0.25) is 4.79 Å². The maximum Gasteiger partial charge on any atom is 0.231 e. The molecule has 0 aliphatic carbocycles. The van der Waals surface area contributed by atoms with E-state index in [0.717, 1.165) is 42.0 Å². The minimum atomic E-state index is 0.0818. The lowest BCUT2D eigenvalue weighted by molar-refractivity contribution is -0.118. The van der Waals surface area contributed by atoms with Crippen molar-refractivity contribution in [3.05, 3.63) is 47.5 Å². The number of carbonyl (C=O) groups excluding carboxylic acids is 1. The second kappa shape index (κ2) is 7.47. The van der Waals surface area contributed by atoms with E-state index in [9.17, 15) is 4.79 Å². The number of hydrogen-bond donors (Lipinski definition) is 0. The van der Waals surface area contributed by atoms with Gasteiger partial charge < -0.3 is 19.1 Å². The van der Waals surface area contributed by atoms with E-state index in [1.165, 1.54) is 0 Å². The van der Waals surface area contributed by atoms with Crippen LogP contribution in [0.25, 0.3) is 0 Å². The fourth-order valence-corrected chi connectivity index (χ4v) is 3.22. The molecule has 5 nitrogen and oxygen atoms in total. The Morgan fingerprint density at radius 1 is 1.00 bits per heavy atom. The van der Waals surface area contributed by atoms with Crippen LogP contribution in [-0.2, 0) is 17.6 Å². The van der Waals surface area contributed by atoms with Crippen LogP contribution in [0.5, 0.6) is 17.2 Å². The maximum absolute atomic E-state index is 12.9. The third-order valence-electron chi connectivity index (χ3n) is 4.51. The Morgan fingerprint density at radius 2 is 1.80 bits per heavy atom. The summed E-state index contributed by atoms with van der Waals surface area (Å²) in [5, 5.41) is 0. The van der Waals surface area contributed by atoms with E-state index in [4.69, 9.17) is 14.2 Å². The van der Waals surface area contributed by atoms with E-state index in [-0.39, 0.29) is 5.91 Å². The predicted molar refractivity (Wildman–Crippen MR) is 96.9 cm³/mol. The molecule has 25 heavy (non-hydrogen) atoms. The van der Waals surface area contributed by atoms with Crippen LogP contribution in [0.2, 0.25) is 0 Å². The van der Waals surface area contributed by atoms with Crippen molar-refractivity contribution in [2.45, 2.75) is 19.3 Å². The van der Waals surface area contributed by atoms with Gasteiger partial charge in [0, 0.05) is 12.2 Å². The van der Waals surface area contributed by atoms with Crippen molar-refractivity contribution in [1.82, 2.24) is 0 Å². The van der Waals surface area contributed by atoms with Crippen LogP contribution in [0.15, 0.2) is 36.4 Å². The first-order valence-corrected chi connectivity index (χ1v) is 8.34. The number of rotatable bonds is 5. The second-order valence-electron chi connectivity index (χ2n) is 6.01.